The molecule has 0 unspecified atom stereocenters. The fourth-order valence-corrected chi connectivity index (χ4v) is 0. The Morgan fingerprint density at radius 3 is 1.14 bits per heavy atom. The number of rotatable bonds is 0. The first kappa shape index (κ1) is 15.8. The predicted molar refractivity (Wildman–Crippen MR) is 7.61 cm³/mol. The maximum Gasteiger partial charge on any atom is 2.00 e. The van der Waals surface area contributed by atoms with Crippen LogP contribution in [0.15, 0.2) is 0 Å². The van der Waals surface area contributed by atoms with Gasteiger partial charge in [0.25, 0.3) is 0 Å². The van der Waals surface area contributed by atoms with E-state index in [2.05, 4.69) is 0 Å². The summed E-state index contributed by atoms with van der Waals surface area (Å²) < 4.78 is 8.55. The molecule has 1 radical (unpaired) electrons. The van der Waals surface area contributed by atoms with Gasteiger partial charge in [-0.1, -0.05) is 0 Å². The topological polar surface area (TPSA) is 86.2 Å². The van der Waals surface area contributed by atoms with E-state index in [0.717, 1.165) is 0 Å². The Bertz CT molecular complexity index is 57.8. The van der Waals surface area contributed by atoms with Crippen molar-refractivity contribution in [1.82, 2.24) is 0 Å². The van der Waals surface area contributed by atoms with E-state index in [-0.39, 0.29) is 40.3 Å². The van der Waals surface area contributed by atoms with Gasteiger partial charge in [0.2, 0.25) is 0 Å². The van der Waals surface area contributed by atoms with Gasteiger partial charge in [-0.25, -0.2) is 0 Å². The third kappa shape index (κ3) is 109. The largest absolute Gasteiger partial charge is 2.00 e. The quantitative estimate of drug-likeness (QED) is 0.307. The molecule has 0 rings (SSSR count). The van der Waals surface area contributed by atoms with Crippen molar-refractivity contribution in [3.8, 4) is 0 Å². The molecule has 0 bridgehead atoms. The van der Waals surface area contributed by atoms with Gasteiger partial charge in [0.1, 0.15) is 0 Å². The van der Waals surface area contributed by atoms with Crippen molar-refractivity contribution in [2.75, 3.05) is 0 Å². The van der Waals surface area contributed by atoms with Crippen molar-refractivity contribution in [3.05, 3.63) is 0 Å². The monoisotopic (exact) mass is 194 g/mol. The van der Waals surface area contributed by atoms with Crippen LogP contribution in [0.25, 0.3) is 0 Å². The molecular weight excluding hydrogens is 194 g/mol. The summed E-state index contributed by atoms with van der Waals surface area (Å²) in [7, 11) is -5.39. The number of hydrogen-bond donors (Lipinski definition) is 0. The molecule has 0 aromatic rings. The average molecular weight is 194 g/mol. The molecule has 0 saturated heterocycles. The van der Waals surface area contributed by atoms with Crippen LogP contribution in [0.1, 0.15) is 0 Å². The summed E-state index contributed by atoms with van der Waals surface area (Å²) >= 11 is 0. The Hall–Kier alpha value is 1.41. The van der Waals surface area contributed by atoms with Crippen LogP contribution in [0, 0.1) is 0 Å². The first-order valence-electron chi connectivity index (χ1n) is 0.730. The molecule has 7 heavy (non-hydrogen) atoms. The molecule has 7 heteroatoms. The minimum atomic E-state index is -5.39. The Morgan fingerprint density at radius 2 is 1.14 bits per heavy atom. The molecule has 0 aromatic carbocycles. The summed E-state index contributed by atoms with van der Waals surface area (Å²) in [4.78, 5) is 25.6. The van der Waals surface area contributed by atoms with Gasteiger partial charge in [-0.2, -0.15) is 7.82 Å². The molecule has 0 N–H and O–H groups in total. The molecule has 0 aromatic heterocycles. The molecule has 0 aliphatic carbocycles. The van der Waals surface area contributed by atoms with E-state index in [1.54, 1.807) is 0 Å². The molecule has 0 aliphatic heterocycles. The van der Waals surface area contributed by atoms with E-state index in [0.29, 0.717) is 0 Å². The van der Waals surface area contributed by atoms with Crippen LogP contribution >= 0.6 is 7.82 Å². The van der Waals surface area contributed by atoms with E-state index in [1.807, 2.05) is 0 Å². The van der Waals surface area contributed by atoms with E-state index in [9.17, 15) is 0 Å². The fourth-order valence-electron chi connectivity index (χ4n) is 0. The van der Waals surface area contributed by atoms with Gasteiger partial charge in [-0.05, 0) is 0 Å². The molecule has 0 saturated carbocycles. The molecule has 0 spiro atoms. The minimum Gasteiger partial charge on any atom is -0.822 e. The van der Waals surface area contributed by atoms with Crippen LogP contribution in [0.3, 0.4) is 0 Å². The number of hydrogen-bond acceptors (Lipinski definition) is 4. The van der Waals surface area contributed by atoms with Crippen LogP contribution in [0.4, 0.5) is 0 Å². The van der Waals surface area contributed by atoms with Crippen LogP contribution in [-0.4, -0.2) is 0 Å². The normalized spacial score (nSPS) is 8.43. The van der Waals surface area contributed by atoms with Crippen molar-refractivity contribution in [3.63, 3.8) is 0 Å². The van der Waals surface area contributed by atoms with Crippen LogP contribution in [0.2, 0.25) is 0 Å². The van der Waals surface area contributed by atoms with Gasteiger partial charge in [0.05, 0.1) is 0 Å². The van der Waals surface area contributed by atoms with Gasteiger partial charge in [0.15, 0.2) is 0 Å². The summed E-state index contributed by atoms with van der Waals surface area (Å²) in [6, 6.07) is 0. The predicted octanol–water partition coefficient (Wildman–Crippen LogP) is -2.83. The van der Waals surface area contributed by atoms with Gasteiger partial charge in [-0.3, -0.25) is 0 Å². The first-order valence-corrected chi connectivity index (χ1v) is 2.19. The zero-order valence-electron chi connectivity index (χ0n) is 3.03. The Labute approximate surface area is 67.3 Å². The Morgan fingerprint density at radius 1 is 1.14 bits per heavy atom. The smallest absolute Gasteiger partial charge is 0.822 e. The molecule has 0 fully saturated rings. The van der Waals surface area contributed by atoms with Crippen LogP contribution < -0.4 is 14.7 Å². The van der Waals surface area contributed by atoms with E-state index in [1.165, 1.54) is 0 Å². The fraction of sp³-hybridized carbons (Fsp3) is 0. The Balaban J connectivity index is -0.0000000800. The van der Waals surface area contributed by atoms with E-state index < -0.39 is 7.82 Å². The van der Waals surface area contributed by atoms with Crippen LogP contribution in [0.5, 0.6) is 0 Å². The molecule has 4 nitrogen and oxygen atoms in total. The van der Waals surface area contributed by atoms with Gasteiger partial charge < -0.3 is 19.2 Å². The SMILES string of the molecule is O=P([O-])([O-])[O-].[Ti+2].[V+2]. The third-order valence-electron chi connectivity index (χ3n) is 0. The van der Waals surface area contributed by atoms with E-state index in [4.69, 9.17) is 19.2 Å². The summed E-state index contributed by atoms with van der Waals surface area (Å²) in [5.74, 6) is 0. The molecular formula is O4PTiV+. The Kier molecular flexibility index (Phi) is 12.5. The summed E-state index contributed by atoms with van der Waals surface area (Å²) in [5, 5.41) is 0. The third-order valence-corrected chi connectivity index (χ3v) is 0. The molecule has 0 amide bonds. The second-order valence-corrected chi connectivity index (χ2v) is 1.34. The van der Waals surface area contributed by atoms with Crippen molar-refractivity contribution >= 4 is 7.82 Å². The zero-order valence-corrected chi connectivity index (χ0v) is 6.88. The second kappa shape index (κ2) is 5.54. The van der Waals surface area contributed by atoms with Crippen molar-refractivity contribution < 1.29 is 59.5 Å². The van der Waals surface area contributed by atoms with Gasteiger partial charge >= 0.3 is 40.3 Å². The van der Waals surface area contributed by atoms with Crippen molar-refractivity contribution in [2.45, 2.75) is 0 Å². The standard InChI is InChI=1S/H3O4P.Ti.V/c1-5(2,3)4;;/h(H3,1,2,3,4);;/q;2*+2/p-3. The molecule has 0 heterocycles. The molecule has 0 atom stereocenters. The summed E-state index contributed by atoms with van der Waals surface area (Å²) in [6.07, 6.45) is 0. The minimum absolute atomic E-state index is 0. The maximum atomic E-state index is 8.55. The summed E-state index contributed by atoms with van der Waals surface area (Å²) in [6.45, 7) is 0. The van der Waals surface area contributed by atoms with Crippen LogP contribution in [-0.2, 0) is 44.8 Å². The maximum absolute atomic E-state index is 8.55. The van der Waals surface area contributed by atoms with Gasteiger partial charge in [-0.15, -0.1) is 0 Å². The van der Waals surface area contributed by atoms with Gasteiger partial charge in [0, 0.05) is 0 Å². The average Bonchev–Trinajstić information content (AvgIpc) is 0.722. The molecule has 0 aliphatic rings. The van der Waals surface area contributed by atoms with Crippen molar-refractivity contribution in [1.29, 1.82) is 0 Å². The first-order chi connectivity index (χ1) is 2.00. The summed E-state index contributed by atoms with van der Waals surface area (Å²) in [5.41, 5.74) is 0. The zero-order chi connectivity index (χ0) is 4.50. The second-order valence-electron chi connectivity index (χ2n) is 0.447. The van der Waals surface area contributed by atoms with Crippen molar-refractivity contribution in [2.24, 2.45) is 0 Å². The van der Waals surface area contributed by atoms with E-state index >= 15 is 0 Å². The molecule has 37 valence electrons. The number of phosphoric acid groups is 1.